The number of aliphatic carboxylic acids is 1. The average molecular weight is 370 g/mol. The highest BCUT2D eigenvalue weighted by Gasteiger charge is 2.23. The first kappa shape index (κ1) is 17.8. The van der Waals surface area contributed by atoms with Crippen molar-refractivity contribution in [3.05, 3.63) is 53.7 Å². The Morgan fingerprint density at radius 2 is 2.08 bits per heavy atom. The largest absolute Gasteiger partial charge is 0.481 e. The quantitative estimate of drug-likeness (QED) is 0.666. The molecule has 0 unspecified atom stereocenters. The summed E-state index contributed by atoms with van der Waals surface area (Å²) in [5.74, 6) is -2.01. The normalized spacial score (nSPS) is 11.9. The predicted molar refractivity (Wildman–Crippen MR) is 98.8 cm³/mol. The van der Waals surface area contributed by atoms with E-state index in [0.29, 0.717) is 11.6 Å². The second-order valence-corrected chi connectivity index (χ2v) is 6.77. The van der Waals surface area contributed by atoms with E-state index >= 15 is 0 Å². The molecule has 3 rings (SSSR count). The molecule has 2 aromatic heterocycles. The summed E-state index contributed by atoms with van der Waals surface area (Å²) < 4.78 is 1.68. The van der Waals surface area contributed by atoms with Gasteiger partial charge in [-0.1, -0.05) is 30.3 Å². The second kappa shape index (κ2) is 7.92. The third-order valence-corrected chi connectivity index (χ3v) is 4.61. The lowest BCUT2D eigenvalue weighted by molar-refractivity contribution is -0.140. The number of carboxylic acid groups (broad SMARTS) is 1. The third-order valence-electron chi connectivity index (χ3n) is 3.85. The van der Waals surface area contributed by atoms with Crippen LogP contribution in [0.4, 0.5) is 5.13 Å². The smallest absolute Gasteiger partial charge is 0.304 e. The molecule has 0 spiro atoms. The lowest BCUT2D eigenvalue weighted by atomic mass is 9.95. The molecule has 0 fully saturated rings. The van der Waals surface area contributed by atoms with E-state index in [2.05, 4.69) is 15.4 Å². The standard InChI is InChI=1S/C18H18N4O3S/c1-22-10-14(9-19-22)15-11-26-18(20-15)21-17(25)13(8-16(23)24)7-12-5-3-2-4-6-12/h2-6,9-11,13H,7-8H2,1H3,(H,23,24)(H,20,21,25)/t13-/m1/s1. The lowest BCUT2D eigenvalue weighted by Crippen LogP contribution is -2.27. The van der Waals surface area contributed by atoms with Gasteiger partial charge in [-0.05, 0) is 12.0 Å². The number of carboxylic acids is 1. The van der Waals surface area contributed by atoms with Gasteiger partial charge in [0.2, 0.25) is 5.91 Å². The van der Waals surface area contributed by atoms with Crippen LogP contribution in [0.2, 0.25) is 0 Å². The summed E-state index contributed by atoms with van der Waals surface area (Å²) >= 11 is 1.30. The van der Waals surface area contributed by atoms with Crippen LogP contribution in [-0.4, -0.2) is 31.7 Å². The first-order valence-corrected chi connectivity index (χ1v) is 8.90. The average Bonchev–Trinajstić information content (AvgIpc) is 3.23. The summed E-state index contributed by atoms with van der Waals surface area (Å²) in [6, 6.07) is 9.38. The van der Waals surface area contributed by atoms with E-state index in [0.717, 1.165) is 16.8 Å². The van der Waals surface area contributed by atoms with Crippen molar-refractivity contribution >= 4 is 28.3 Å². The molecular weight excluding hydrogens is 352 g/mol. The van der Waals surface area contributed by atoms with Crippen LogP contribution in [-0.2, 0) is 23.1 Å². The van der Waals surface area contributed by atoms with E-state index in [1.165, 1.54) is 11.3 Å². The van der Waals surface area contributed by atoms with Crippen LogP contribution in [0.3, 0.4) is 0 Å². The maximum Gasteiger partial charge on any atom is 0.304 e. The fourth-order valence-electron chi connectivity index (χ4n) is 2.59. The van der Waals surface area contributed by atoms with Crippen molar-refractivity contribution in [2.24, 2.45) is 13.0 Å². The van der Waals surface area contributed by atoms with Gasteiger partial charge in [0, 0.05) is 24.2 Å². The number of hydrogen-bond donors (Lipinski definition) is 2. The fraction of sp³-hybridized carbons (Fsp3) is 0.222. The molecule has 26 heavy (non-hydrogen) atoms. The molecule has 2 heterocycles. The minimum atomic E-state index is -1.00. The van der Waals surface area contributed by atoms with Crippen molar-refractivity contribution in [2.45, 2.75) is 12.8 Å². The Balaban J connectivity index is 1.71. The summed E-state index contributed by atoms with van der Waals surface area (Å²) in [7, 11) is 1.82. The first-order chi connectivity index (χ1) is 12.5. The highest BCUT2D eigenvalue weighted by atomic mass is 32.1. The number of aromatic nitrogens is 3. The lowest BCUT2D eigenvalue weighted by Gasteiger charge is -2.14. The van der Waals surface area contributed by atoms with Crippen molar-refractivity contribution < 1.29 is 14.7 Å². The maximum absolute atomic E-state index is 12.6. The first-order valence-electron chi connectivity index (χ1n) is 8.02. The summed E-state index contributed by atoms with van der Waals surface area (Å²) in [6.45, 7) is 0. The molecule has 134 valence electrons. The molecule has 1 amide bonds. The van der Waals surface area contributed by atoms with Crippen LogP contribution in [0, 0.1) is 5.92 Å². The van der Waals surface area contributed by atoms with Gasteiger partial charge in [-0.15, -0.1) is 11.3 Å². The van der Waals surface area contributed by atoms with Crippen LogP contribution in [0.1, 0.15) is 12.0 Å². The number of aryl methyl sites for hydroxylation is 1. The minimum Gasteiger partial charge on any atom is -0.481 e. The zero-order valence-electron chi connectivity index (χ0n) is 14.1. The van der Waals surface area contributed by atoms with Gasteiger partial charge in [-0.3, -0.25) is 14.3 Å². The SMILES string of the molecule is Cn1cc(-c2csc(NC(=O)[C@@H](CC(=O)O)Cc3ccccc3)n2)cn1. The summed E-state index contributed by atoms with van der Waals surface area (Å²) in [5, 5.41) is 18.2. The Morgan fingerprint density at radius 1 is 1.31 bits per heavy atom. The van der Waals surface area contributed by atoms with Gasteiger partial charge < -0.3 is 10.4 Å². The number of amides is 1. The molecule has 0 aliphatic carbocycles. The van der Waals surface area contributed by atoms with E-state index in [-0.39, 0.29) is 12.3 Å². The number of thiazole rings is 1. The van der Waals surface area contributed by atoms with E-state index in [1.807, 2.05) is 49.0 Å². The van der Waals surface area contributed by atoms with Crippen LogP contribution < -0.4 is 5.32 Å². The summed E-state index contributed by atoms with van der Waals surface area (Å²) in [6.07, 6.45) is 3.66. The van der Waals surface area contributed by atoms with Crippen molar-refractivity contribution in [3.8, 4) is 11.3 Å². The van der Waals surface area contributed by atoms with Crippen LogP contribution in [0.15, 0.2) is 48.1 Å². The van der Waals surface area contributed by atoms with Crippen molar-refractivity contribution in [1.29, 1.82) is 0 Å². The van der Waals surface area contributed by atoms with Gasteiger partial charge in [0.15, 0.2) is 5.13 Å². The van der Waals surface area contributed by atoms with Gasteiger partial charge in [-0.2, -0.15) is 5.10 Å². The Kier molecular flexibility index (Phi) is 5.43. The van der Waals surface area contributed by atoms with Gasteiger partial charge in [-0.25, -0.2) is 4.98 Å². The van der Waals surface area contributed by atoms with Gasteiger partial charge >= 0.3 is 5.97 Å². The van der Waals surface area contributed by atoms with Crippen molar-refractivity contribution in [1.82, 2.24) is 14.8 Å². The fourth-order valence-corrected chi connectivity index (χ4v) is 3.31. The molecule has 2 N–H and O–H groups in total. The number of nitrogens with one attached hydrogen (secondary N) is 1. The van der Waals surface area contributed by atoms with Crippen LogP contribution in [0.25, 0.3) is 11.3 Å². The molecule has 0 aliphatic rings. The van der Waals surface area contributed by atoms with E-state index in [4.69, 9.17) is 5.11 Å². The molecule has 1 aromatic carbocycles. The number of carbonyl (C=O) groups excluding carboxylic acids is 1. The molecule has 0 radical (unpaired) electrons. The number of carbonyl (C=O) groups is 2. The number of rotatable bonds is 7. The number of nitrogens with zero attached hydrogens (tertiary/aromatic N) is 3. The van der Waals surface area contributed by atoms with Crippen molar-refractivity contribution in [3.63, 3.8) is 0 Å². The van der Waals surface area contributed by atoms with Crippen molar-refractivity contribution in [2.75, 3.05) is 5.32 Å². The minimum absolute atomic E-state index is 0.235. The number of anilines is 1. The maximum atomic E-state index is 12.6. The Hall–Kier alpha value is -3.00. The highest BCUT2D eigenvalue weighted by Crippen LogP contribution is 2.25. The van der Waals surface area contributed by atoms with E-state index in [9.17, 15) is 9.59 Å². The Morgan fingerprint density at radius 3 is 2.73 bits per heavy atom. The Bertz CT molecular complexity index is 904. The van der Waals surface area contributed by atoms with Crippen LogP contribution in [0.5, 0.6) is 0 Å². The molecule has 0 saturated carbocycles. The van der Waals surface area contributed by atoms with Gasteiger partial charge in [0.05, 0.1) is 24.2 Å². The Labute approximate surface area is 154 Å². The van der Waals surface area contributed by atoms with E-state index < -0.39 is 11.9 Å². The zero-order valence-corrected chi connectivity index (χ0v) is 14.9. The summed E-state index contributed by atoms with van der Waals surface area (Å²) in [5.41, 5.74) is 2.50. The number of hydrogen-bond acceptors (Lipinski definition) is 5. The molecule has 8 heteroatoms. The summed E-state index contributed by atoms with van der Waals surface area (Å²) in [4.78, 5) is 28.1. The van der Waals surface area contributed by atoms with Crippen LogP contribution >= 0.6 is 11.3 Å². The van der Waals surface area contributed by atoms with Gasteiger partial charge in [0.25, 0.3) is 0 Å². The number of benzene rings is 1. The predicted octanol–water partition coefficient (Wildman–Crippen LogP) is 2.82. The third kappa shape index (κ3) is 4.54. The molecule has 0 bridgehead atoms. The molecule has 0 aliphatic heterocycles. The molecule has 3 aromatic rings. The molecular formula is C18H18N4O3S. The second-order valence-electron chi connectivity index (χ2n) is 5.91. The highest BCUT2D eigenvalue weighted by molar-refractivity contribution is 7.14. The van der Waals surface area contributed by atoms with E-state index in [1.54, 1.807) is 10.9 Å². The molecule has 1 atom stereocenters. The molecule has 0 saturated heterocycles. The zero-order chi connectivity index (χ0) is 18.5. The monoisotopic (exact) mass is 370 g/mol. The topological polar surface area (TPSA) is 97.1 Å². The van der Waals surface area contributed by atoms with Gasteiger partial charge in [0.1, 0.15) is 0 Å². The molecule has 7 nitrogen and oxygen atoms in total.